The fourth-order valence-corrected chi connectivity index (χ4v) is 1.81. The van der Waals surface area contributed by atoms with Gasteiger partial charge in [-0.3, -0.25) is 0 Å². The van der Waals surface area contributed by atoms with E-state index in [0.29, 0.717) is 12.0 Å². The highest BCUT2D eigenvalue weighted by atomic mass is 19.1. The molecule has 0 bridgehead atoms. The first-order valence-corrected chi connectivity index (χ1v) is 5.59. The number of ether oxygens (including phenoxy) is 1. The Bertz CT molecular complexity index is 337. The van der Waals surface area contributed by atoms with Gasteiger partial charge in [0, 0.05) is 0 Å². The second kappa shape index (κ2) is 5.85. The number of halogens is 1. The molecule has 0 saturated heterocycles. The molecule has 0 aromatic heterocycles. The Labute approximate surface area is 96.1 Å². The largest absolute Gasteiger partial charge is 0.494 e. The normalized spacial score (nSPS) is 14.6. The van der Waals surface area contributed by atoms with Crippen LogP contribution >= 0.6 is 0 Å². The van der Waals surface area contributed by atoms with Crippen molar-refractivity contribution in [2.75, 3.05) is 7.11 Å². The first-order valence-electron chi connectivity index (χ1n) is 5.59. The summed E-state index contributed by atoms with van der Waals surface area (Å²) in [7, 11) is 1.45. The molecule has 1 N–H and O–H groups in total. The van der Waals surface area contributed by atoms with Gasteiger partial charge in [0.15, 0.2) is 11.6 Å². The molecular formula is C13H19FO2. The van der Waals surface area contributed by atoms with Gasteiger partial charge in [0.1, 0.15) is 0 Å². The average Bonchev–Trinajstić information content (AvgIpc) is 2.27. The summed E-state index contributed by atoms with van der Waals surface area (Å²) in [5, 5.41) is 9.54. The van der Waals surface area contributed by atoms with E-state index in [1.807, 2.05) is 6.92 Å². The molecule has 0 spiro atoms. The lowest BCUT2D eigenvalue weighted by Gasteiger charge is -2.18. The van der Waals surface area contributed by atoms with E-state index >= 15 is 0 Å². The highest BCUT2D eigenvalue weighted by molar-refractivity contribution is 5.31. The van der Waals surface area contributed by atoms with Gasteiger partial charge in [-0.15, -0.1) is 0 Å². The van der Waals surface area contributed by atoms with Crippen LogP contribution in [0.25, 0.3) is 0 Å². The molecule has 0 aliphatic heterocycles. The number of aliphatic hydroxyl groups is 1. The minimum atomic E-state index is -0.421. The van der Waals surface area contributed by atoms with Gasteiger partial charge in [-0.25, -0.2) is 4.39 Å². The predicted octanol–water partition coefficient (Wildman–Crippen LogP) is 2.78. The molecular weight excluding hydrogens is 207 g/mol. The number of rotatable bonds is 5. The van der Waals surface area contributed by atoms with E-state index in [4.69, 9.17) is 4.74 Å². The molecule has 1 rings (SSSR count). The maximum atomic E-state index is 13.8. The van der Waals surface area contributed by atoms with Crippen LogP contribution in [0.1, 0.15) is 25.8 Å². The molecule has 0 aliphatic carbocycles. The Balaban J connectivity index is 2.88. The fourth-order valence-electron chi connectivity index (χ4n) is 1.81. The van der Waals surface area contributed by atoms with Crippen LogP contribution in [0.3, 0.4) is 0 Å². The summed E-state index contributed by atoms with van der Waals surface area (Å²) < 4.78 is 18.8. The van der Waals surface area contributed by atoms with Crippen LogP contribution in [0.4, 0.5) is 4.39 Å². The van der Waals surface area contributed by atoms with Crippen molar-refractivity contribution in [2.24, 2.45) is 5.92 Å². The Morgan fingerprint density at radius 1 is 1.44 bits per heavy atom. The lowest BCUT2D eigenvalue weighted by molar-refractivity contribution is 0.122. The van der Waals surface area contributed by atoms with Crippen LogP contribution in [0.5, 0.6) is 5.75 Å². The minimum absolute atomic E-state index is 0.0848. The van der Waals surface area contributed by atoms with Crippen LogP contribution in [-0.2, 0) is 6.42 Å². The van der Waals surface area contributed by atoms with E-state index in [2.05, 4.69) is 0 Å². The maximum Gasteiger partial charge on any atom is 0.168 e. The van der Waals surface area contributed by atoms with Crippen LogP contribution in [0.2, 0.25) is 0 Å². The second-order valence-corrected chi connectivity index (χ2v) is 4.05. The molecule has 2 atom stereocenters. The number of benzene rings is 1. The van der Waals surface area contributed by atoms with Gasteiger partial charge in [0.25, 0.3) is 0 Å². The van der Waals surface area contributed by atoms with Crippen LogP contribution < -0.4 is 4.74 Å². The van der Waals surface area contributed by atoms with Gasteiger partial charge in [-0.2, -0.15) is 0 Å². The second-order valence-electron chi connectivity index (χ2n) is 4.05. The summed E-state index contributed by atoms with van der Waals surface area (Å²) in [5.74, 6) is 0.0312. The molecule has 1 aromatic carbocycles. The van der Waals surface area contributed by atoms with Crippen LogP contribution in [0.15, 0.2) is 18.2 Å². The quantitative estimate of drug-likeness (QED) is 0.836. The number of hydrogen-bond donors (Lipinski definition) is 1. The standard InChI is InChI=1S/C13H19FO2/c1-4-10(9(2)15)8-11-6-5-7-12(16-3)13(11)14/h5-7,9-10,15H,4,8H2,1-3H3. The molecule has 0 radical (unpaired) electrons. The van der Waals surface area contributed by atoms with E-state index in [-0.39, 0.29) is 17.5 Å². The van der Waals surface area contributed by atoms with Crippen molar-refractivity contribution in [3.05, 3.63) is 29.6 Å². The van der Waals surface area contributed by atoms with E-state index in [1.54, 1.807) is 25.1 Å². The van der Waals surface area contributed by atoms with E-state index < -0.39 is 6.10 Å². The highest BCUT2D eigenvalue weighted by Crippen LogP contribution is 2.24. The fraction of sp³-hybridized carbons (Fsp3) is 0.538. The molecule has 90 valence electrons. The molecule has 16 heavy (non-hydrogen) atoms. The Morgan fingerprint density at radius 2 is 2.12 bits per heavy atom. The summed E-state index contributed by atoms with van der Waals surface area (Å²) in [5.41, 5.74) is 0.604. The summed E-state index contributed by atoms with van der Waals surface area (Å²) in [6, 6.07) is 5.11. The van der Waals surface area contributed by atoms with E-state index in [0.717, 1.165) is 6.42 Å². The van der Waals surface area contributed by atoms with Crippen molar-refractivity contribution in [1.29, 1.82) is 0 Å². The van der Waals surface area contributed by atoms with Crippen molar-refractivity contribution < 1.29 is 14.2 Å². The third kappa shape index (κ3) is 2.95. The SMILES string of the molecule is CCC(Cc1cccc(OC)c1F)C(C)O. The van der Waals surface area contributed by atoms with E-state index in [1.165, 1.54) is 7.11 Å². The third-order valence-electron chi connectivity index (χ3n) is 2.95. The zero-order chi connectivity index (χ0) is 12.1. The van der Waals surface area contributed by atoms with Gasteiger partial charge < -0.3 is 9.84 Å². The third-order valence-corrected chi connectivity index (χ3v) is 2.95. The summed E-state index contributed by atoms with van der Waals surface area (Å²) in [6.45, 7) is 3.74. The minimum Gasteiger partial charge on any atom is -0.494 e. The van der Waals surface area contributed by atoms with E-state index in [9.17, 15) is 9.50 Å². The maximum absolute atomic E-state index is 13.8. The van der Waals surface area contributed by atoms with Gasteiger partial charge in [0.2, 0.25) is 0 Å². The average molecular weight is 226 g/mol. The number of methoxy groups -OCH3 is 1. The molecule has 0 fully saturated rings. The summed E-state index contributed by atoms with van der Waals surface area (Å²) in [4.78, 5) is 0. The first kappa shape index (κ1) is 13.0. The highest BCUT2D eigenvalue weighted by Gasteiger charge is 2.17. The predicted molar refractivity (Wildman–Crippen MR) is 62.1 cm³/mol. The molecule has 2 nitrogen and oxygen atoms in total. The molecule has 0 saturated carbocycles. The molecule has 1 aromatic rings. The molecule has 0 aliphatic rings. The van der Waals surface area contributed by atoms with Gasteiger partial charge in [-0.1, -0.05) is 25.5 Å². The lowest BCUT2D eigenvalue weighted by atomic mass is 9.92. The zero-order valence-corrected chi connectivity index (χ0v) is 10.0. The first-order chi connectivity index (χ1) is 7.60. The topological polar surface area (TPSA) is 29.5 Å². The van der Waals surface area contributed by atoms with Crippen LogP contribution in [0, 0.1) is 11.7 Å². The molecule has 2 unspecified atom stereocenters. The van der Waals surface area contributed by atoms with Gasteiger partial charge >= 0.3 is 0 Å². The van der Waals surface area contributed by atoms with Crippen molar-refractivity contribution >= 4 is 0 Å². The number of aliphatic hydroxyl groups excluding tert-OH is 1. The smallest absolute Gasteiger partial charge is 0.168 e. The lowest BCUT2D eigenvalue weighted by Crippen LogP contribution is -2.19. The van der Waals surface area contributed by atoms with Crippen LogP contribution in [-0.4, -0.2) is 18.3 Å². The number of hydrogen-bond acceptors (Lipinski definition) is 2. The van der Waals surface area contributed by atoms with Gasteiger partial charge in [0.05, 0.1) is 13.2 Å². The Kier molecular flexibility index (Phi) is 4.74. The van der Waals surface area contributed by atoms with Crippen molar-refractivity contribution in [3.8, 4) is 5.75 Å². The van der Waals surface area contributed by atoms with Crippen molar-refractivity contribution in [3.63, 3.8) is 0 Å². The molecule has 3 heteroatoms. The zero-order valence-electron chi connectivity index (χ0n) is 10.0. The van der Waals surface area contributed by atoms with Gasteiger partial charge in [-0.05, 0) is 30.9 Å². The summed E-state index contributed by atoms with van der Waals surface area (Å²) >= 11 is 0. The van der Waals surface area contributed by atoms with Crippen molar-refractivity contribution in [1.82, 2.24) is 0 Å². The Morgan fingerprint density at radius 3 is 2.62 bits per heavy atom. The molecule has 0 heterocycles. The Hall–Kier alpha value is -1.09. The monoisotopic (exact) mass is 226 g/mol. The summed E-state index contributed by atoms with van der Waals surface area (Å²) in [6.07, 6.45) is 0.946. The molecule has 0 amide bonds. The van der Waals surface area contributed by atoms with Crippen molar-refractivity contribution in [2.45, 2.75) is 32.8 Å².